The Labute approximate surface area is 169 Å². The van der Waals surface area contributed by atoms with Gasteiger partial charge in [0.2, 0.25) is 0 Å². The number of allylic oxidation sites excluding steroid dienone is 3. The van der Waals surface area contributed by atoms with Gasteiger partial charge in [-0.05, 0) is 37.1 Å². The lowest BCUT2D eigenvalue weighted by Crippen LogP contribution is -2.38. The summed E-state index contributed by atoms with van der Waals surface area (Å²) in [5, 5.41) is 20.9. The highest BCUT2D eigenvalue weighted by molar-refractivity contribution is 7.15. The van der Waals surface area contributed by atoms with Gasteiger partial charge in [0.05, 0.1) is 28.2 Å². The van der Waals surface area contributed by atoms with Crippen molar-refractivity contribution in [2.75, 3.05) is 4.90 Å². The molecule has 7 nitrogen and oxygen atoms in total. The monoisotopic (exact) mass is 410 g/mol. The lowest BCUT2D eigenvalue weighted by atomic mass is 9.78. The quantitative estimate of drug-likeness (QED) is 0.602. The minimum atomic E-state index is -0.758. The molecule has 0 radical (unpaired) electrons. The third-order valence-electron chi connectivity index (χ3n) is 5.06. The number of thiophene rings is 1. The van der Waals surface area contributed by atoms with E-state index in [1.165, 1.54) is 24.3 Å². The summed E-state index contributed by atoms with van der Waals surface area (Å²) in [6, 6.07) is 10.8. The molecular formula is C20H15FN4O3S. The number of carbonyl (C=O) groups excluding carboxylic acids is 1. The van der Waals surface area contributed by atoms with Crippen molar-refractivity contribution in [3.05, 3.63) is 79.9 Å². The predicted octanol–water partition coefficient (Wildman–Crippen LogP) is 4.10. The molecule has 2 N–H and O–H groups in total. The Morgan fingerprint density at radius 1 is 1.31 bits per heavy atom. The number of nitrogens with two attached hydrogens (primary N) is 1. The van der Waals surface area contributed by atoms with Gasteiger partial charge in [-0.25, -0.2) is 4.39 Å². The Bertz CT molecular complexity index is 1140. The van der Waals surface area contributed by atoms with Crippen LogP contribution in [0.25, 0.3) is 0 Å². The number of benzene rings is 1. The highest BCUT2D eigenvalue weighted by atomic mass is 32.1. The molecule has 1 aliphatic heterocycles. The summed E-state index contributed by atoms with van der Waals surface area (Å²) < 4.78 is 13.9. The number of nitro groups is 1. The number of halogens is 1. The van der Waals surface area contributed by atoms with E-state index in [1.54, 1.807) is 17.0 Å². The van der Waals surface area contributed by atoms with Crippen LogP contribution in [-0.4, -0.2) is 10.7 Å². The second-order valence-electron chi connectivity index (χ2n) is 6.73. The molecule has 1 aliphatic carbocycles. The van der Waals surface area contributed by atoms with Crippen molar-refractivity contribution >= 4 is 27.8 Å². The van der Waals surface area contributed by atoms with Crippen molar-refractivity contribution in [3.8, 4) is 6.07 Å². The molecule has 2 aliphatic rings. The number of ketones is 1. The van der Waals surface area contributed by atoms with Gasteiger partial charge in [-0.1, -0.05) is 17.4 Å². The molecule has 4 rings (SSSR count). The summed E-state index contributed by atoms with van der Waals surface area (Å²) in [5.74, 6) is -1.25. The molecule has 1 aromatic heterocycles. The predicted molar refractivity (Wildman–Crippen MR) is 105 cm³/mol. The number of hydrogen-bond donors (Lipinski definition) is 1. The first-order chi connectivity index (χ1) is 13.9. The van der Waals surface area contributed by atoms with E-state index in [1.807, 2.05) is 0 Å². The fraction of sp³-hybridized carbons (Fsp3) is 0.200. The smallest absolute Gasteiger partial charge is 0.324 e. The van der Waals surface area contributed by atoms with E-state index >= 15 is 0 Å². The van der Waals surface area contributed by atoms with Gasteiger partial charge in [-0.2, -0.15) is 5.26 Å². The Morgan fingerprint density at radius 3 is 2.76 bits per heavy atom. The SMILES string of the molecule is N#CC1=C(N)N(c2cccc(F)c2)C2=C(C(=O)CCC2)C1c1ccc([N+](=O)[O-])s1. The summed E-state index contributed by atoms with van der Waals surface area (Å²) >= 11 is 0.921. The number of hydrogen-bond acceptors (Lipinski definition) is 7. The Morgan fingerprint density at radius 2 is 2.10 bits per heavy atom. The molecule has 0 spiro atoms. The van der Waals surface area contributed by atoms with Gasteiger partial charge in [0.25, 0.3) is 0 Å². The molecule has 0 amide bonds. The van der Waals surface area contributed by atoms with Crippen LogP contribution in [0.4, 0.5) is 15.1 Å². The van der Waals surface area contributed by atoms with E-state index in [-0.39, 0.29) is 22.2 Å². The highest BCUT2D eigenvalue weighted by Crippen LogP contribution is 2.48. The topological polar surface area (TPSA) is 113 Å². The average molecular weight is 410 g/mol. The molecule has 0 bridgehead atoms. The van der Waals surface area contributed by atoms with E-state index in [2.05, 4.69) is 6.07 Å². The van der Waals surface area contributed by atoms with Crippen LogP contribution in [0.1, 0.15) is 30.1 Å². The van der Waals surface area contributed by atoms with E-state index in [9.17, 15) is 24.6 Å². The molecule has 0 saturated carbocycles. The summed E-state index contributed by atoms with van der Waals surface area (Å²) in [6.45, 7) is 0. The molecule has 29 heavy (non-hydrogen) atoms. The summed E-state index contributed by atoms with van der Waals surface area (Å²) in [5.41, 5.74) is 7.92. The first kappa shape index (κ1) is 18.8. The molecule has 0 fully saturated rings. The van der Waals surface area contributed by atoms with Crippen LogP contribution in [-0.2, 0) is 4.79 Å². The van der Waals surface area contributed by atoms with Crippen LogP contribution in [0.2, 0.25) is 0 Å². The maximum atomic E-state index is 13.9. The maximum Gasteiger partial charge on any atom is 0.324 e. The van der Waals surface area contributed by atoms with Crippen LogP contribution in [0.5, 0.6) is 0 Å². The van der Waals surface area contributed by atoms with Crippen LogP contribution < -0.4 is 10.6 Å². The van der Waals surface area contributed by atoms with Crippen molar-refractivity contribution in [3.63, 3.8) is 0 Å². The Kier molecular flexibility index (Phi) is 4.64. The molecule has 2 aromatic rings. The fourth-order valence-electron chi connectivity index (χ4n) is 3.88. The van der Waals surface area contributed by atoms with Gasteiger partial charge in [0, 0.05) is 28.6 Å². The van der Waals surface area contributed by atoms with Gasteiger partial charge in [-0.15, -0.1) is 0 Å². The first-order valence-electron chi connectivity index (χ1n) is 8.88. The van der Waals surface area contributed by atoms with Crippen LogP contribution in [0.3, 0.4) is 0 Å². The van der Waals surface area contributed by atoms with Gasteiger partial charge >= 0.3 is 5.00 Å². The maximum absolute atomic E-state index is 13.9. The van der Waals surface area contributed by atoms with E-state index < -0.39 is 16.7 Å². The highest BCUT2D eigenvalue weighted by Gasteiger charge is 2.41. The zero-order valence-electron chi connectivity index (χ0n) is 15.1. The van der Waals surface area contributed by atoms with E-state index in [0.717, 1.165) is 11.3 Å². The molecule has 1 atom stereocenters. The lowest BCUT2D eigenvalue weighted by molar-refractivity contribution is -0.380. The third kappa shape index (κ3) is 3.07. The normalized spacial score (nSPS) is 19.2. The van der Waals surface area contributed by atoms with Crippen molar-refractivity contribution < 1.29 is 14.1 Å². The second-order valence-corrected chi connectivity index (χ2v) is 7.82. The number of anilines is 1. The third-order valence-corrected chi connectivity index (χ3v) is 6.16. The van der Waals surface area contributed by atoms with Crippen molar-refractivity contribution in [1.82, 2.24) is 0 Å². The van der Waals surface area contributed by atoms with Crippen molar-refractivity contribution in [1.29, 1.82) is 5.26 Å². The fourth-order valence-corrected chi connectivity index (χ4v) is 4.82. The Hall–Kier alpha value is -3.51. The van der Waals surface area contributed by atoms with Crippen molar-refractivity contribution in [2.45, 2.75) is 25.2 Å². The molecule has 1 aromatic carbocycles. The first-order valence-corrected chi connectivity index (χ1v) is 9.69. The molecular weight excluding hydrogens is 395 g/mol. The minimum Gasteiger partial charge on any atom is -0.384 e. The molecule has 2 heterocycles. The zero-order valence-corrected chi connectivity index (χ0v) is 15.9. The Balaban J connectivity index is 1.95. The number of carbonyl (C=O) groups is 1. The molecule has 1 unspecified atom stereocenters. The average Bonchev–Trinajstić information content (AvgIpc) is 3.17. The standard InChI is InChI=1S/C20H15FN4O3S/c21-11-3-1-4-12(9-11)24-14-5-2-6-15(26)19(14)18(13(10-22)20(24)23)16-7-8-17(29-16)25(27)28/h1,3-4,7-9,18H,2,5-6,23H2. The number of nitriles is 1. The minimum absolute atomic E-state index is 0.0752. The van der Waals surface area contributed by atoms with E-state index in [0.29, 0.717) is 41.1 Å². The van der Waals surface area contributed by atoms with Gasteiger partial charge in [0.1, 0.15) is 11.6 Å². The number of rotatable bonds is 3. The molecule has 146 valence electrons. The van der Waals surface area contributed by atoms with Crippen LogP contribution in [0.15, 0.2) is 59.1 Å². The largest absolute Gasteiger partial charge is 0.384 e. The van der Waals surface area contributed by atoms with E-state index in [4.69, 9.17) is 5.73 Å². The van der Waals surface area contributed by atoms with Crippen LogP contribution >= 0.6 is 11.3 Å². The van der Waals surface area contributed by atoms with Gasteiger partial charge < -0.3 is 5.73 Å². The summed E-state index contributed by atoms with van der Waals surface area (Å²) in [4.78, 5) is 25.6. The lowest BCUT2D eigenvalue weighted by Gasteiger charge is -2.39. The van der Waals surface area contributed by atoms with Gasteiger partial charge in [0.15, 0.2) is 5.78 Å². The zero-order chi connectivity index (χ0) is 20.7. The van der Waals surface area contributed by atoms with Crippen LogP contribution in [0, 0.1) is 27.3 Å². The summed E-state index contributed by atoms with van der Waals surface area (Å²) in [7, 11) is 0. The second kappa shape index (κ2) is 7.14. The van der Waals surface area contributed by atoms with Crippen molar-refractivity contribution in [2.24, 2.45) is 5.73 Å². The number of nitrogens with zero attached hydrogens (tertiary/aromatic N) is 3. The van der Waals surface area contributed by atoms with Gasteiger partial charge in [-0.3, -0.25) is 19.8 Å². The summed E-state index contributed by atoms with van der Waals surface area (Å²) in [6.07, 6.45) is 1.45. The molecule has 9 heteroatoms. The number of Topliss-reactive ketones (excluding diaryl/α,β-unsaturated/α-hetero) is 1. The molecule has 0 saturated heterocycles.